The minimum absolute atomic E-state index is 0.0327. The lowest BCUT2D eigenvalue weighted by molar-refractivity contribution is -0.142. The van der Waals surface area contributed by atoms with Crippen molar-refractivity contribution in [2.75, 3.05) is 45.7 Å². The van der Waals surface area contributed by atoms with Gasteiger partial charge >= 0.3 is 6.18 Å². The molecule has 0 unspecified atom stereocenters. The molecule has 6 rings (SSSR count). The van der Waals surface area contributed by atoms with Gasteiger partial charge in [-0.2, -0.15) is 13.2 Å². The predicted octanol–water partition coefficient (Wildman–Crippen LogP) is 6.52. The van der Waals surface area contributed by atoms with Crippen molar-refractivity contribution in [1.82, 2.24) is 14.5 Å². The maximum Gasteiger partial charge on any atom is 0.433 e. The summed E-state index contributed by atoms with van der Waals surface area (Å²) in [5, 5.41) is 0. The highest BCUT2D eigenvalue weighted by atomic mass is 32.2. The molecule has 1 saturated carbocycles. The molecule has 10 heteroatoms. The Morgan fingerprint density at radius 3 is 2.60 bits per heavy atom. The quantitative estimate of drug-likeness (QED) is 0.247. The second-order valence-corrected chi connectivity index (χ2v) is 11.9. The van der Waals surface area contributed by atoms with Gasteiger partial charge in [-0.3, -0.25) is 9.47 Å². The van der Waals surface area contributed by atoms with E-state index >= 15 is 0 Å². The second-order valence-electron chi connectivity index (χ2n) is 11.1. The highest BCUT2D eigenvalue weighted by Gasteiger charge is 2.54. The van der Waals surface area contributed by atoms with Gasteiger partial charge in [-0.1, -0.05) is 12.1 Å². The Hall–Kier alpha value is -2.40. The molecule has 0 radical (unpaired) electrons. The van der Waals surface area contributed by atoms with Crippen molar-refractivity contribution in [1.29, 1.82) is 0 Å². The van der Waals surface area contributed by atoms with Crippen molar-refractivity contribution >= 4 is 11.8 Å². The Bertz CT molecular complexity index is 1330. The molecule has 40 heavy (non-hydrogen) atoms. The predicted molar refractivity (Wildman–Crippen MR) is 146 cm³/mol. The average Bonchev–Trinajstić information content (AvgIpc) is 3.69. The van der Waals surface area contributed by atoms with Crippen LogP contribution in [0.15, 0.2) is 59.9 Å². The van der Waals surface area contributed by atoms with Gasteiger partial charge in [0, 0.05) is 42.1 Å². The molecule has 2 aromatic carbocycles. The fourth-order valence-electron chi connectivity index (χ4n) is 7.03. The maximum atomic E-state index is 13.9. The van der Waals surface area contributed by atoms with E-state index in [2.05, 4.69) is 9.88 Å². The van der Waals surface area contributed by atoms with E-state index in [4.69, 9.17) is 9.47 Å². The number of ether oxygens (including phenoxy) is 2. The fraction of sp³-hybridized carbons (Fsp3) is 0.500. The number of hydrogen-bond acceptors (Lipinski definition) is 5. The van der Waals surface area contributed by atoms with Crippen molar-refractivity contribution in [2.45, 2.75) is 47.8 Å². The molecule has 0 amide bonds. The molecule has 2 saturated heterocycles. The van der Waals surface area contributed by atoms with E-state index in [0.29, 0.717) is 18.2 Å². The van der Waals surface area contributed by atoms with Gasteiger partial charge in [-0.05, 0) is 72.9 Å². The van der Waals surface area contributed by atoms with Gasteiger partial charge in [0.25, 0.3) is 0 Å². The van der Waals surface area contributed by atoms with Crippen LogP contribution in [0.4, 0.5) is 17.6 Å². The number of benzene rings is 2. The zero-order valence-electron chi connectivity index (χ0n) is 22.4. The largest absolute Gasteiger partial charge is 0.433 e. The Balaban J connectivity index is 1.32. The third-order valence-corrected chi connectivity index (χ3v) is 9.64. The maximum absolute atomic E-state index is 13.9. The average molecular weight is 576 g/mol. The summed E-state index contributed by atoms with van der Waals surface area (Å²) in [6, 6.07) is 12.3. The minimum atomic E-state index is -4.50. The second kappa shape index (κ2) is 11.1. The van der Waals surface area contributed by atoms with Crippen molar-refractivity contribution < 1.29 is 27.0 Å². The van der Waals surface area contributed by atoms with Crippen LogP contribution < -0.4 is 0 Å². The van der Waals surface area contributed by atoms with Gasteiger partial charge in [0.15, 0.2) is 0 Å². The standard InChI is InChI=1S/C30H33F4N3O2S/c1-40-26-7-6-24(37-19-35-16-27(37)30(32,33)34)14-25(26)22-15-29(39-18-22)9-8-21(17-36-10-12-38-13-11-36)28(29)20-2-4-23(31)5-3-20/h2-7,14,16,19,21-22,28H,8-13,15,17-18H2,1H3/t21-,22-,28-,29-/m1/s1. The number of morpholine rings is 1. The molecule has 3 aromatic rings. The number of halogens is 4. The Kier molecular flexibility index (Phi) is 7.71. The molecule has 1 aromatic heterocycles. The van der Waals surface area contributed by atoms with E-state index in [-0.39, 0.29) is 17.7 Å². The smallest absolute Gasteiger partial charge is 0.379 e. The first kappa shape index (κ1) is 27.8. The summed E-state index contributed by atoms with van der Waals surface area (Å²) < 4.78 is 68.2. The monoisotopic (exact) mass is 575 g/mol. The molecule has 1 aliphatic carbocycles. The molecular weight excluding hydrogens is 542 g/mol. The third kappa shape index (κ3) is 5.31. The number of nitrogens with zero attached hydrogens (tertiary/aromatic N) is 3. The molecule has 0 N–H and O–H groups in total. The van der Waals surface area contributed by atoms with Crippen LogP contribution in [-0.4, -0.2) is 65.8 Å². The minimum Gasteiger partial charge on any atom is -0.379 e. The zero-order valence-corrected chi connectivity index (χ0v) is 23.2. The summed E-state index contributed by atoms with van der Waals surface area (Å²) in [6.07, 6.45) is 2.22. The van der Waals surface area contributed by atoms with Crippen LogP contribution in [0.25, 0.3) is 5.69 Å². The molecule has 3 heterocycles. The van der Waals surface area contributed by atoms with Crippen molar-refractivity contribution in [3.63, 3.8) is 0 Å². The Morgan fingerprint density at radius 2 is 1.88 bits per heavy atom. The van der Waals surface area contributed by atoms with Gasteiger partial charge < -0.3 is 9.47 Å². The number of rotatable bonds is 6. The SMILES string of the molecule is CSc1ccc(-n2cncc2C(F)(F)F)cc1[C@H]1CO[C@]2(CC[C@H](CN3CCOCC3)[C@H]2c2ccc(F)cc2)C1. The molecule has 0 bridgehead atoms. The van der Waals surface area contributed by atoms with E-state index in [1.807, 2.05) is 30.5 Å². The summed E-state index contributed by atoms with van der Waals surface area (Å²) in [5.41, 5.74) is 1.32. The highest BCUT2D eigenvalue weighted by Crippen LogP contribution is 2.57. The Labute approximate surface area is 235 Å². The van der Waals surface area contributed by atoms with Crippen LogP contribution in [0.3, 0.4) is 0 Å². The van der Waals surface area contributed by atoms with E-state index < -0.39 is 17.5 Å². The number of imidazole rings is 1. The summed E-state index contributed by atoms with van der Waals surface area (Å²) in [4.78, 5) is 7.26. The molecule has 4 atom stereocenters. The lowest BCUT2D eigenvalue weighted by atomic mass is 9.76. The van der Waals surface area contributed by atoms with Crippen LogP contribution in [0, 0.1) is 11.7 Å². The third-order valence-electron chi connectivity index (χ3n) is 8.83. The van der Waals surface area contributed by atoms with E-state index in [1.54, 1.807) is 17.8 Å². The van der Waals surface area contributed by atoms with Gasteiger partial charge in [0.05, 0.1) is 37.9 Å². The molecule has 5 nitrogen and oxygen atoms in total. The first-order valence-electron chi connectivity index (χ1n) is 13.7. The summed E-state index contributed by atoms with van der Waals surface area (Å²) in [6.45, 7) is 4.71. The van der Waals surface area contributed by atoms with Crippen LogP contribution in [-0.2, 0) is 15.7 Å². The number of alkyl halides is 3. The van der Waals surface area contributed by atoms with Crippen molar-refractivity contribution in [3.8, 4) is 5.69 Å². The topological polar surface area (TPSA) is 39.5 Å². The summed E-state index contributed by atoms with van der Waals surface area (Å²) in [7, 11) is 0. The summed E-state index contributed by atoms with van der Waals surface area (Å²) in [5.74, 6) is 0.233. The molecule has 214 valence electrons. The van der Waals surface area contributed by atoms with Crippen molar-refractivity contribution in [3.05, 3.63) is 77.6 Å². The highest BCUT2D eigenvalue weighted by molar-refractivity contribution is 7.98. The molecular formula is C30H33F4N3O2S. The molecule has 1 spiro atoms. The van der Waals surface area contributed by atoms with Crippen LogP contribution in [0.2, 0.25) is 0 Å². The Morgan fingerprint density at radius 1 is 1.10 bits per heavy atom. The lowest BCUT2D eigenvalue weighted by Crippen LogP contribution is -2.42. The van der Waals surface area contributed by atoms with Gasteiger partial charge in [0.2, 0.25) is 0 Å². The molecule has 2 aliphatic heterocycles. The van der Waals surface area contributed by atoms with Gasteiger partial charge in [-0.15, -0.1) is 11.8 Å². The number of thioether (sulfide) groups is 1. The first-order chi connectivity index (χ1) is 19.3. The normalized spacial score (nSPS) is 27.6. The van der Waals surface area contributed by atoms with E-state index in [9.17, 15) is 17.6 Å². The summed E-state index contributed by atoms with van der Waals surface area (Å²) >= 11 is 1.59. The van der Waals surface area contributed by atoms with Crippen LogP contribution >= 0.6 is 11.8 Å². The van der Waals surface area contributed by atoms with Crippen molar-refractivity contribution in [2.24, 2.45) is 5.92 Å². The molecule has 3 aliphatic rings. The first-order valence-corrected chi connectivity index (χ1v) is 15.0. The van der Waals surface area contributed by atoms with Gasteiger partial charge in [0.1, 0.15) is 11.5 Å². The van der Waals surface area contributed by atoms with Crippen LogP contribution in [0.1, 0.15) is 47.9 Å². The number of aromatic nitrogens is 2. The number of hydrogen-bond donors (Lipinski definition) is 0. The lowest BCUT2D eigenvalue weighted by Gasteiger charge is -2.36. The van der Waals surface area contributed by atoms with Gasteiger partial charge in [-0.25, -0.2) is 9.37 Å². The zero-order chi connectivity index (χ0) is 27.9. The van der Waals surface area contributed by atoms with Crippen LogP contribution in [0.5, 0.6) is 0 Å². The van der Waals surface area contributed by atoms with E-state index in [0.717, 1.165) is 78.9 Å². The fourth-order valence-corrected chi connectivity index (χ4v) is 7.70. The van der Waals surface area contributed by atoms with E-state index in [1.165, 1.54) is 18.5 Å². The molecule has 3 fully saturated rings.